The maximum atomic E-state index is 12.1. The van der Waals surface area contributed by atoms with Crippen LogP contribution in [0.3, 0.4) is 0 Å². The first-order valence-corrected chi connectivity index (χ1v) is 6.48. The van der Waals surface area contributed by atoms with Crippen molar-refractivity contribution in [3.05, 3.63) is 0 Å². The predicted octanol–water partition coefficient (Wildman–Crippen LogP) is 3.44. The second-order valence-electron chi connectivity index (χ2n) is 5.94. The van der Waals surface area contributed by atoms with Gasteiger partial charge < -0.3 is 4.74 Å². The Labute approximate surface area is 104 Å². The molecule has 1 saturated carbocycles. The van der Waals surface area contributed by atoms with Gasteiger partial charge in [-0.05, 0) is 31.1 Å². The van der Waals surface area contributed by atoms with Crippen LogP contribution in [0.15, 0.2) is 0 Å². The first-order valence-electron chi connectivity index (χ1n) is 6.48. The number of hydrogen-bond acceptors (Lipinski definition) is 3. The summed E-state index contributed by atoms with van der Waals surface area (Å²) in [6.07, 6.45) is 5.18. The highest BCUT2D eigenvalue weighted by molar-refractivity contribution is 5.78. The van der Waals surface area contributed by atoms with Crippen LogP contribution in [0.5, 0.6) is 0 Å². The number of unbranched alkanes of at least 4 members (excludes halogenated alkanes) is 2. The van der Waals surface area contributed by atoms with E-state index in [1.807, 2.05) is 0 Å². The van der Waals surface area contributed by atoms with E-state index >= 15 is 0 Å². The van der Waals surface area contributed by atoms with Crippen LogP contribution < -0.4 is 0 Å². The lowest BCUT2D eigenvalue weighted by atomic mass is 9.55. The van der Waals surface area contributed by atoms with Crippen molar-refractivity contribution in [2.75, 3.05) is 6.61 Å². The van der Waals surface area contributed by atoms with Crippen molar-refractivity contribution in [3.63, 3.8) is 0 Å². The summed E-state index contributed by atoms with van der Waals surface area (Å²) in [5, 5.41) is 8.40. The smallest absolute Gasteiger partial charge is 0.312 e. The molecular weight excluding hydrogens is 214 g/mol. The quantitative estimate of drug-likeness (QED) is 0.543. The molecule has 0 amide bonds. The Balaban J connectivity index is 2.39. The van der Waals surface area contributed by atoms with Gasteiger partial charge >= 0.3 is 5.97 Å². The molecule has 0 aromatic carbocycles. The van der Waals surface area contributed by atoms with E-state index in [2.05, 4.69) is 26.8 Å². The maximum absolute atomic E-state index is 12.1. The highest BCUT2D eigenvalue weighted by Crippen LogP contribution is 2.54. The number of esters is 1. The van der Waals surface area contributed by atoms with Crippen LogP contribution in [0.1, 0.15) is 59.3 Å². The minimum absolute atomic E-state index is 0.0189. The van der Waals surface area contributed by atoms with Crippen LogP contribution in [-0.2, 0) is 9.53 Å². The van der Waals surface area contributed by atoms with E-state index in [1.54, 1.807) is 0 Å². The molecule has 1 rings (SSSR count). The summed E-state index contributed by atoms with van der Waals surface area (Å²) >= 11 is 0. The molecule has 0 aromatic heterocycles. The Morgan fingerprint density at radius 1 is 1.35 bits per heavy atom. The third-order valence-electron chi connectivity index (χ3n) is 3.95. The van der Waals surface area contributed by atoms with Crippen LogP contribution in [-0.4, -0.2) is 12.6 Å². The Bertz CT molecular complexity index is 305. The van der Waals surface area contributed by atoms with Gasteiger partial charge in [-0.2, -0.15) is 5.26 Å². The topological polar surface area (TPSA) is 50.1 Å². The van der Waals surface area contributed by atoms with Crippen LogP contribution in [0, 0.1) is 22.2 Å². The fourth-order valence-corrected chi connectivity index (χ4v) is 2.40. The normalized spacial score (nSPS) is 18.0. The molecule has 0 spiro atoms. The number of nitriles is 1. The van der Waals surface area contributed by atoms with Crippen molar-refractivity contribution in [2.24, 2.45) is 10.8 Å². The second-order valence-corrected chi connectivity index (χ2v) is 5.94. The van der Waals surface area contributed by atoms with E-state index in [0.717, 1.165) is 32.1 Å². The molecule has 0 atom stereocenters. The molecule has 1 aliphatic rings. The molecule has 0 saturated heterocycles. The van der Waals surface area contributed by atoms with Gasteiger partial charge in [-0.15, -0.1) is 0 Å². The van der Waals surface area contributed by atoms with E-state index in [0.29, 0.717) is 13.0 Å². The predicted molar refractivity (Wildman–Crippen MR) is 66.2 cm³/mol. The van der Waals surface area contributed by atoms with E-state index in [-0.39, 0.29) is 16.8 Å². The molecule has 0 heterocycles. The summed E-state index contributed by atoms with van der Waals surface area (Å²) in [6, 6.07) is 2.09. The van der Waals surface area contributed by atoms with Gasteiger partial charge in [0.05, 0.1) is 18.1 Å². The van der Waals surface area contributed by atoms with Crippen molar-refractivity contribution in [1.29, 1.82) is 5.26 Å². The SMILES string of the molecule is CC(C)(C)C1(C(=O)OCCCCC#N)CCC1. The van der Waals surface area contributed by atoms with Crippen molar-refractivity contribution >= 4 is 5.97 Å². The highest BCUT2D eigenvalue weighted by atomic mass is 16.5. The third-order valence-corrected chi connectivity index (χ3v) is 3.95. The minimum atomic E-state index is -0.262. The van der Waals surface area contributed by atoms with E-state index < -0.39 is 0 Å². The molecular formula is C14H23NO2. The van der Waals surface area contributed by atoms with Gasteiger partial charge in [0.2, 0.25) is 0 Å². The summed E-state index contributed by atoms with van der Waals surface area (Å²) in [4.78, 5) is 12.1. The van der Waals surface area contributed by atoms with Crippen molar-refractivity contribution < 1.29 is 9.53 Å². The van der Waals surface area contributed by atoms with Gasteiger partial charge in [-0.25, -0.2) is 0 Å². The molecule has 0 bridgehead atoms. The molecule has 0 N–H and O–H groups in total. The van der Waals surface area contributed by atoms with Crippen molar-refractivity contribution in [1.82, 2.24) is 0 Å². The first-order chi connectivity index (χ1) is 7.94. The molecule has 3 heteroatoms. The monoisotopic (exact) mass is 237 g/mol. The number of carbonyl (C=O) groups excluding carboxylic acids is 1. The molecule has 1 aliphatic carbocycles. The standard InChI is InChI=1S/C14H23NO2/c1-13(2,3)14(8-7-9-14)12(16)17-11-6-4-5-10-15/h4-9,11H2,1-3H3. The Kier molecular flexibility index (Phi) is 4.56. The molecule has 0 aliphatic heterocycles. The second kappa shape index (κ2) is 5.53. The zero-order valence-electron chi connectivity index (χ0n) is 11.2. The fraction of sp³-hybridized carbons (Fsp3) is 0.857. The van der Waals surface area contributed by atoms with Gasteiger partial charge in [-0.1, -0.05) is 27.2 Å². The average molecular weight is 237 g/mol. The molecule has 3 nitrogen and oxygen atoms in total. The maximum Gasteiger partial charge on any atom is 0.312 e. The van der Waals surface area contributed by atoms with Crippen molar-refractivity contribution in [3.8, 4) is 6.07 Å². The zero-order valence-corrected chi connectivity index (χ0v) is 11.2. The molecule has 1 fully saturated rings. The van der Waals surface area contributed by atoms with Gasteiger partial charge in [0, 0.05) is 6.42 Å². The van der Waals surface area contributed by atoms with Gasteiger partial charge in [-0.3, -0.25) is 4.79 Å². The summed E-state index contributed by atoms with van der Waals surface area (Å²) in [6.45, 7) is 6.80. The van der Waals surface area contributed by atoms with Crippen LogP contribution in [0.25, 0.3) is 0 Å². The lowest BCUT2D eigenvalue weighted by molar-refractivity contribution is -0.172. The Morgan fingerprint density at radius 3 is 2.41 bits per heavy atom. The molecule has 17 heavy (non-hydrogen) atoms. The van der Waals surface area contributed by atoms with Crippen molar-refractivity contribution in [2.45, 2.75) is 59.3 Å². The van der Waals surface area contributed by atoms with Crippen LogP contribution >= 0.6 is 0 Å². The van der Waals surface area contributed by atoms with Gasteiger partial charge in [0.1, 0.15) is 0 Å². The van der Waals surface area contributed by atoms with Crippen LogP contribution in [0.2, 0.25) is 0 Å². The number of carbonyl (C=O) groups is 1. The summed E-state index contributed by atoms with van der Waals surface area (Å²) in [5.41, 5.74) is -0.281. The molecule has 0 aromatic rings. The van der Waals surface area contributed by atoms with E-state index in [1.165, 1.54) is 0 Å². The lowest BCUT2D eigenvalue weighted by Crippen LogP contribution is -2.49. The fourth-order valence-electron chi connectivity index (χ4n) is 2.40. The summed E-state index contributed by atoms with van der Waals surface area (Å²) < 4.78 is 5.37. The largest absolute Gasteiger partial charge is 0.465 e. The number of nitrogens with zero attached hydrogens (tertiary/aromatic N) is 1. The van der Waals surface area contributed by atoms with Crippen LogP contribution in [0.4, 0.5) is 0 Å². The number of rotatable bonds is 5. The first kappa shape index (κ1) is 14.0. The highest BCUT2D eigenvalue weighted by Gasteiger charge is 2.53. The average Bonchev–Trinajstić information content (AvgIpc) is 2.13. The zero-order chi connectivity index (χ0) is 12.9. The van der Waals surface area contributed by atoms with Gasteiger partial charge in [0.15, 0.2) is 0 Å². The lowest BCUT2D eigenvalue weighted by Gasteiger charge is -2.49. The molecule has 96 valence electrons. The Morgan fingerprint density at radius 2 is 2.00 bits per heavy atom. The third kappa shape index (κ3) is 3.00. The van der Waals surface area contributed by atoms with E-state index in [4.69, 9.17) is 10.00 Å². The van der Waals surface area contributed by atoms with E-state index in [9.17, 15) is 4.79 Å². The number of ether oxygens (including phenoxy) is 1. The summed E-state index contributed by atoms with van der Waals surface area (Å²) in [5.74, 6) is -0.0341. The summed E-state index contributed by atoms with van der Waals surface area (Å²) in [7, 11) is 0. The molecule has 0 unspecified atom stereocenters. The number of hydrogen-bond donors (Lipinski definition) is 0. The van der Waals surface area contributed by atoms with Gasteiger partial charge in [0.25, 0.3) is 0 Å². The minimum Gasteiger partial charge on any atom is -0.465 e. The Hall–Kier alpha value is -1.04. The molecule has 0 radical (unpaired) electrons.